The van der Waals surface area contributed by atoms with Crippen LogP contribution in [0.25, 0.3) is 0 Å². The van der Waals surface area contributed by atoms with Gasteiger partial charge in [-0.1, -0.05) is 287 Å². The molecule has 0 aliphatic heterocycles. The van der Waals surface area contributed by atoms with E-state index in [-0.39, 0.29) is 25.7 Å². The standard InChI is InChI=1S/C75H134O17P2/c1-5-9-13-17-21-25-29-31-33-34-36-37-41-44-48-52-56-60-73(78)86-66-71(92-75(80)62-58-54-50-46-42-38-35-32-30-26-22-18-14-10-6-2)68-90-94(83,84)88-64-69(76)63-87-93(81,82)89-67-70(91-74(79)61-57-53-49-45-40-28-24-20-16-12-8-4)65-85-72(77)59-55-51-47-43-39-27-23-19-15-11-7-3/h9,13,19,21,23,25,31,33,36-37,44,48,69-71,76H,5-8,10-12,14-18,20,22,24,26-30,32,34-35,38-43,45-47,49-68H2,1-4H3,(H,81,82)(H,83,84)/b13-9-,23-19-,25-21-,33-31-,37-36-,48-44-. The van der Waals surface area contributed by atoms with Crippen molar-refractivity contribution >= 4 is 39.5 Å². The van der Waals surface area contributed by atoms with Crippen LogP contribution in [0.2, 0.25) is 0 Å². The zero-order valence-electron chi connectivity index (χ0n) is 59.4. The van der Waals surface area contributed by atoms with Crippen molar-refractivity contribution in [1.29, 1.82) is 0 Å². The molecule has 0 aromatic carbocycles. The summed E-state index contributed by atoms with van der Waals surface area (Å²) in [6.07, 6.45) is 66.3. The van der Waals surface area contributed by atoms with E-state index < -0.39 is 97.5 Å². The first-order valence-electron chi connectivity index (χ1n) is 37.2. The van der Waals surface area contributed by atoms with Crippen LogP contribution in [0.1, 0.15) is 323 Å². The molecule has 0 rings (SSSR count). The fourth-order valence-electron chi connectivity index (χ4n) is 10.0. The van der Waals surface area contributed by atoms with Gasteiger partial charge in [0, 0.05) is 25.7 Å². The molecule has 0 fully saturated rings. The van der Waals surface area contributed by atoms with E-state index >= 15 is 0 Å². The highest BCUT2D eigenvalue weighted by Crippen LogP contribution is 2.45. The quantitative estimate of drug-likeness (QED) is 0.0169. The van der Waals surface area contributed by atoms with E-state index in [2.05, 4.69) is 88.5 Å². The number of phosphoric acid groups is 2. The van der Waals surface area contributed by atoms with Gasteiger partial charge in [0.05, 0.1) is 26.4 Å². The van der Waals surface area contributed by atoms with Crippen molar-refractivity contribution in [3.05, 3.63) is 72.9 Å². The predicted molar refractivity (Wildman–Crippen MR) is 381 cm³/mol. The normalized spacial score (nSPS) is 14.4. The van der Waals surface area contributed by atoms with Crippen molar-refractivity contribution in [2.24, 2.45) is 0 Å². The number of rotatable bonds is 70. The zero-order chi connectivity index (χ0) is 69.0. The Bertz CT molecular complexity index is 2070. The summed E-state index contributed by atoms with van der Waals surface area (Å²) in [5.41, 5.74) is 0. The van der Waals surface area contributed by atoms with E-state index in [1.165, 1.54) is 116 Å². The Hall–Kier alpha value is -3.50. The number of phosphoric ester groups is 2. The molecule has 0 aromatic heterocycles. The van der Waals surface area contributed by atoms with Crippen LogP contribution >= 0.6 is 15.6 Å². The maximum Gasteiger partial charge on any atom is 0.472 e. The van der Waals surface area contributed by atoms with Crippen molar-refractivity contribution in [3.63, 3.8) is 0 Å². The molecule has 5 atom stereocenters. The summed E-state index contributed by atoms with van der Waals surface area (Å²) in [4.78, 5) is 72.6. The van der Waals surface area contributed by atoms with Crippen LogP contribution < -0.4 is 0 Å². The number of aliphatic hydroxyl groups excluding tert-OH is 1. The minimum atomic E-state index is -4.98. The van der Waals surface area contributed by atoms with E-state index in [9.17, 15) is 43.2 Å². The second-order valence-corrected chi connectivity index (χ2v) is 27.8. The van der Waals surface area contributed by atoms with Gasteiger partial charge in [0.1, 0.15) is 19.3 Å². The fraction of sp³-hybridized carbons (Fsp3) is 0.787. The Morgan fingerprint density at radius 3 is 0.936 bits per heavy atom. The van der Waals surface area contributed by atoms with Crippen LogP contribution in [0.15, 0.2) is 72.9 Å². The van der Waals surface area contributed by atoms with Gasteiger partial charge in [-0.05, 0) is 83.5 Å². The highest BCUT2D eigenvalue weighted by atomic mass is 31.2. The van der Waals surface area contributed by atoms with Gasteiger partial charge in [-0.15, -0.1) is 0 Å². The van der Waals surface area contributed by atoms with Gasteiger partial charge in [-0.3, -0.25) is 37.3 Å². The lowest BCUT2D eigenvalue weighted by Crippen LogP contribution is -2.30. The van der Waals surface area contributed by atoms with E-state index in [0.717, 1.165) is 122 Å². The van der Waals surface area contributed by atoms with Crippen molar-refractivity contribution in [3.8, 4) is 0 Å². The summed E-state index contributed by atoms with van der Waals surface area (Å²) in [7, 11) is -9.94. The van der Waals surface area contributed by atoms with Gasteiger partial charge in [0.2, 0.25) is 0 Å². The van der Waals surface area contributed by atoms with Crippen molar-refractivity contribution in [2.45, 2.75) is 341 Å². The molecule has 94 heavy (non-hydrogen) atoms. The van der Waals surface area contributed by atoms with E-state index in [1.807, 2.05) is 12.2 Å². The number of esters is 4. The third-order valence-corrected chi connectivity index (χ3v) is 17.6. The topological polar surface area (TPSA) is 237 Å². The highest BCUT2D eigenvalue weighted by molar-refractivity contribution is 7.47. The van der Waals surface area contributed by atoms with Crippen molar-refractivity contribution in [2.75, 3.05) is 39.6 Å². The van der Waals surface area contributed by atoms with Gasteiger partial charge in [0.15, 0.2) is 12.2 Å². The molecule has 0 saturated carbocycles. The first-order valence-corrected chi connectivity index (χ1v) is 40.2. The average Bonchev–Trinajstić information content (AvgIpc) is 1.29. The third-order valence-electron chi connectivity index (χ3n) is 15.7. The molecule has 0 amide bonds. The molecule has 5 unspecified atom stereocenters. The molecule has 0 bridgehead atoms. The first kappa shape index (κ1) is 90.5. The molecular formula is C75H134O17P2. The number of allylic oxidation sites excluding steroid dienone is 12. The minimum Gasteiger partial charge on any atom is -0.462 e. The van der Waals surface area contributed by atoms with E-state index in [4.69, 9.17) is 37.0 Å². The number of ether oxygens (including phenoxy) is 4. The van der Waals surface area contributed by atoms with Gasteiger partial charge >= 0.3 is 39.5 Å². The number of carbonyl (C=O) groups excluding carboxylic acids is 4. The Labute approximate surface area is 571 Å². The molecular weight excluding hydrogens is 1230 g/mol. The van der Waals surface area contributed by atoms with Crippen LogP contribution in [-0.4, -0.2) is 96.7 Å². The highest BCUT2D eigenvalue weighted by Gasteiger charge is 2.30. The largest absolute Gasteiger partial charge is 0.472 e. The van der Waals surface area contributed by atoms with Gasteiger partial charge < -0.3 is 33.8 Å². The number of hydrogen-bond acceptors (Lipinski definition) is 15. The lowest BCUT2D eigenvalue weighted by atomic mass is 10.0. The smallest absolute Gasteiger partial charge is 0.462 e. The lowest BCUT2D eigenvalue weighted by molar-refractivity contribution is -0.161. The second-order valence-electron chi connectivity index (χ2n) is 24.9. The summed E-state index contributed by atoms with van der Waals surface area (Å²) in [5.74, 6) is -2.23. The minimum absolute atomic E-state index is 0.0869. The molecule has 3 N–H and O–H groups in total. The molecule has 0 spiro atoms. The van der Waals surface area contributed by atoms with Gasteiger partial charge in [-0.2, -0.15) is 0 Å². The Morgan fingerprint density at radius 1 is 0.309 bits per heavy atom. The number of aliphatic hydroxyl groups is 1. The number of hydrogen-bond donors (Lipinski definition) is 3. The van der Waals surface area contributed by atoms with Crippen LogP contribution in [0.3, 0.4) is 0 Å². The van der Waals surface area contributed by atoms with Crippen LogP contribution in [0.4, 0.5) is 0 Å². The van der Waals surface area contributed by atoms with Crippen molar-refractivity contribution < 1.29 is 80.2 Å². The molecule has 19 heteroatoms. The molecule has 0 aliphatic rings. The van der Waals surface area contributed by atoms with E-state index in [0.29, 0.717) is 32.1 Å². The van der Waals surface area contributed by atoms with Crippen molar-refractivity contribution in [1.82, 2.24) is 0 Å². The maximum atomic E-state index is 13.1. The SMILES string of the molecule is CC/C=C\C/C=C\C/C=C\C/C=C\C/C=C\CCCC(=O)OCC(COP(=O)(O)OCC(O)COP(=O)(O)OCC(COC(=O)CCCCCCC/C=C\CCCC)OC(=O)CCCCCCCCCCCCC)OC(=O)CCCCCCCCCCCCCCCCC. The molecule has 0 aliphatic carbocycles. The molecule has 0 aromatic rings. The fourth-order valence-corrected chi connectivity index (χ4v) is 11.6. The molecule has 546 valence electrons. The molecule has 0 heterocycles. The second kappa shape index (κ2) is 68.0. The number of carbonyl (C=O) groups is 4. The maximum absolute atomic E-state index is 13.1. The van der Waals surface area contributed by atoms with Gasteiger partial charge in [-0.25, -0.2) is 9.13 Å². The summed E-state index contributed by atoms with van der Waals surface area (Å²) in [6.45, 7) is 4.67. The number of unbranched alkanes of at least 4 members (excludes halogenated alkanes) is 32. The summed E-state index contributed by atoms with van der Waals surface area (Å²) < 4.78 is 68.3. The van der Waals surface area contributed by atoms with Crippen LogP contribution in [0, 0.1) is 0 Å². The Balaban J connectivity index is 5.34. The summed E-state index contributed by atoms with van der Waals surface area (Å²) in [5, 5.41) is 10.6. The average molecular weight is 1370 g/mol. The van der Waals surface area contributed by atoms with Gasteiger partial charge in [0.25, 0.3) is 0 Å². The molecule has 0 radical (unpaired) electrons. The van der Waals surface area contributed by atoms with Crippen LogP contribution in [0.5, 0.6) is 0 Å². The first-order chi connectivity index (χ1) is 45.7. The summed E-state index contributed by atoms with van der Waals surface area (Å²) in [6, 6.07) is 0. The Morgan fingerprint density at radius 2 is 0.574 bits per heavy atom. The zero-order valence-corrected chi connectivity index (χ0v) is 61.2. The Kier molecular flexibility index (Phi) is 65.5. The lowest BCUT2D eigenvalue weighted by Gasteiger charge is -2.21. The monoisotopic (exact) mass is 1370 g/mol. The van der Waals surface area contributed by atoms with E-state index in [1.54, 1.807) is 0 Å². The predicted octanol–water partition coefficient (Wildman–Crippen LogP) is 20.9. The third kappa shape index (κ3) is 67.1. The summed E-state index contributed by atoms with van der Waals surface area (Å²) >= 11 is 0. The molecule has 0 saturated heterocycles. The molecule has 17 nitrogen and oxygen atoms in total. The van der Waals surface area contributed by atoms with Crippen LogP contribution in [-0.2, 0) is 65.4 Å².